The van der Waals surface area contributed by atoms with Gasteiger partial charge in [-0.3, -0.25) is 9.36 Å². The Balaban J connectivity index is 1.64. The number of methoxy groups -OCH3 is 1. The third-order valence-corrected chi connectivity index (χ3v) is 4.29. The van der Waals surface area contributed by atoms with Gasteiger partial charge in [0.15, 0.2) is 0 Å². The number of para-hydroxylation sites is 1. The molecule has 27 heavy (non-hydrogen) atoms. The average Bonchev–Trinajstić information content (AvgIpc) is 2.67. The summed E-state index contributed by atoms with van der Waals surface area (Å²) in [5.41, 5.74) is 0.975. The van der Waals surface area contributed by atoms with Crippen LogP contribution in [0.4, 0.5) is 0 Å². The molecular weight excluding hydrogens is 348 g/mol. The number of esters is 1. The van der Waals surface area contributed by atoms with Crippen molar-refractivity contribution in [3.05, 3.63) is 74.4 Å². The highest BCUT2D eigenvalue weighted by atomic mass is 16.5. The van der Waals surface area contributed by atoms with Crippen LogP contribution in [0, 0.1) is 6.92 Å². The molecule has 7 nitrogen and oxygen atoms in total. The Morgan fingerprint density at radius 3 is 2.70 bits per heavy atom. The summed E-state index contributed by atoms with van der Waals surface area (Å²) >= 11 is 0. The monoisotopic (exact) mass is 368 g/mol. The van der Waals surface area contributed by atoms with Crippen LogP contribution in [0.1, 0.15) is 22.3 Å². The number of carbonyl (C=O) groups is 1. The minimum Gasteiger partial charge on any atom is -0.496 e. The van der Waals surface area contributed by atoms with Crippen LogP contribution in [-0.4, -0.2) is 29.2 Å². The minimum absolute atomic E-state index is 0.0910. The summed E-state index contributed by atoms with van der Waals surface area (Å²) in [6.07, 6.45) is 0.343. The summed E-state index contributed by atoms with van der Waals surface area (Å²) in [5, 5.41) is 0.445. The van der Waals surface area contributed by atoms with Crippen molar-refractivity contribution in [1.29, 1.82) is 0 Å². The van der Waals surface area contributed by atoms with E-state index < -0.39 is 11.7 Å². The van der Waals surface area contributed by atoms with Crippen molar-refractivity contribution < 1.29 is 14.3 Å². The van der Waals surface area contributed by atoms with Crippen LogP contribution >= 0.6 is 0 Å². The smallest absolute Gasteiger partial charge is 0.338 e. The molecular formula is C20H20N2O5. The number of aromatic nitrogens is 2. The van der Waals surface area contributed by atoms with Gasteiger partial charge in [0.1, 0.15) is 5.75 Å². The molecule has 0 spiro atoms. The van der Waals surface area contributed by atoms with Crippen molar-refractivity contribution in [2.24, 2.45) is 0 Å². The van der Waals surface area contributed by atoms with Crippen LogP contribution < -0.4 is 16.0 Å². The number of hydrogen-bond donors (Lipinski definition) is 1. The molecule has 3 rings (SSSR count). The molecule has 0 bridgehead atoms. The molecule has 140 valence electrons. The molecule has 0 fully saturated rings. The quantitative estimate of drug-likeness (QED) is 0.532. The summed E-state index contributed by atoms with van der Waals surface area (Å²) < 4.78 is 11.5. The maximum atomic E-state index is 12.4. The molecule has 2 aromatic carbocycles. The highest BCUT2D eigenvalue weighted by Gasteiger charge is 2.11. The van der Waals surface area contributed by atoms with Gasteiger partial charge >= 0.3 is 11.7 Å². The van der Waals surface area contributed by atoms with E-state index in [2.05, 4.69) is 4.98 Å². The highest BCUT2D eigenvalue weighted by Crippen LogP contribution is 2.19. The summed E-state index contributed by atoms with van der Waals surface area (Å²) in [6.45, 7) is 2.13. The summed E-state index contributed by atoms with van der Waals surface area (Å²) in [5.74, 6) is 0.131. The number of aryl methyl sites for hydroxylation is 1. The number of benzene rings is 2. The van der Waals surface area contributed by atoms with Gasteiger partial charge in [-0.05, 0) is 43.2 Å². The van der Waals surface area contributed by atoms with Gasteiger partial charge < -0.3 is 14.5 Å². The summed E-state index contributed by atoms with van der Waals surface area (Å²) in [4.78, 5) is 39.3. The third-order valence-electron chi connectivity index (χ3n) is 4.29. The predicted octanol–water partition coefficient (Wildman–Crippen LogP) is 2.25. The molecule has 0 saturated carbocycles. The zero-order valence-corrected chi connectivity index (χ0v) is 15.2. The summed E-state index contributed by atoms with van der Waals surface area (Å²) in [7, 11) is 1.54. The second kappa shape index (κ2) is 7.90. The zero-order valence-electron chi connectivity index (χ0n) is 15.2. The number of H-pyrrole nitrogens is 1. The second-order valence-corrected chi connectivity index (χ2v) is 6.11. The Bertz CT molecular complexity index is 1100. The molecule has 3 aromatic rings. The maximum absolute atomic E-state index is 12.4. The molecule has 0 saturated heterocycles. The van der Waals surface area contributed by atoms with Crippen molar-refractivity contribution in [3.63, 3.8) is 0 Å². The number of aromatic amines is 1. The number of hydrogen-bond acceptors (Lipinski definition) is 5. The first-order valence-electron chi connectivity index (χ1n) is 8.55. The Hall–Kier alpha value is -3.35. The minimum atomic E-state index is -0.479. The van der Waals surface area contributed by atoms with Crippen molar-refractivity contribution in [2.45, 2.75) is 19.9 Å². The number of nitrogens with one attached hydrogen (secondary N) is 1. The van der Waals surface area contributed by atoms with Crippen LogP contribution in [0.25, 0.3) is 10.9 Å². The molecule has 0 radical (unpaired) electrons. The molecule has 7 heteroatoms. The summed E-state index contributed by atoms with van der Waals surface area (Å²) in [6, 6.07) is 11.9. The van der Waals surface area contributed by atoms with E-state index >= 15 is 0 Å². The van der Waals surface area contributed by atoms with E-state index in [-0.39, 0.29) is 18.7 Å². The first-order chi connectivity index (χ1) is 13.0. The van der Waals surface area contributed by atoms with Gasteiger partial charge in [0.2, 0.25) is 0 Å². The molecule has 0 aliphatic carbocycles. The lowest BCUT2D eigenvalue weighted by atomic mass is 10.1. The van der Waals surface area contributed by atoms with Crippen molar-refractivity contribution >= 4 is 16.9 Å². The molecule has 0 amide bonds. The van der Waals surface area contributed by atoms with E-state index in [4.69, 9.17) is 9.47 Å². The number of carbonyl (C=O) groups excluding carboxylic acids is 1. The Morgan fingerprint density at radius 2 is 1.93 bits per heavy atom. The first kappa shape index (κ1) is 18.4. The SMILES string of the molecule is COc1cc(C(=O)OCCCn2c(=O)[nH]c3ccccc3c2=O)ccc1C. The predicted molar refractivity (Wildman–Crippen MR) is 101 cm³/mol. The number of rotatable bonds is 6. The standard InChI is InChI=1S/C20H20N2O5/c1-13-8-9-14(12-17(13)26-2)19(24)27-11-5-10-22-18(23)15-6-3-4-7-16(15)21-20(22)25/h3-4,6-9,12H,5,10-11H2,1-2H3,(H,21,25). The van der Waals surface area contributed by atoms with Crippen LogP contribution in [-0.2, 0) is 11.3 Å². The topological polar surface area (TPSA) is 90.4 Å². The van der Waals surface area contributed by atoms with Crippen molar-refractivity contribution in [2.75, 3.05) is 13.7 Å². The van der Waals surface area contributed by atoms with Gasteiger partial charge in [-0.2, -0.15) is 0 Å². The van der Waals surface area contributed by atoms with E-state index in [0.29, 0.717) is 28.6 Å². The van der Waals surface area contributed by atoms with Crippen LogP contribution in [0.2, 0.25) is 0 Å². The lowest BCUT2D eigenvalue weighted by Gasteiger charge is -2.09. The maximum Gasteiger partial charge on any atom is 0.338 e. The fraction of sp³-hybridized carbons (Fsp3) is 0.250. The Labute approximate surface area is 155 Å². The van der Waals surface area contributed by atoms with Crippen LogP contribution in [0.5, 0.6) is 5.75 Å². The van der Waals surface area contributed by atoms with E-state index in [9.17, 15) is 14.4 Å². The first-order valence-corrected chi connectivity index (χ1v) is 8.55. The lowest BCUT2D eigenvalue weighted by molar-refractivity contribution is 0.0495. The second-order valence-electron chi connectivity index (χ2n) is 6.11. The zero-order chi connectivity index (χ0) is 19.4. The fourth-order valence-corrected chi connectivity index (χ4v) is 2.82. The van der Waals surface area contributed by atoms with Gasteiger partial charge in [0.25, 0.3) is 5.56 Å². The fourth-order valence-electron chi connectivity index (χ4n) is 2.82. The van der Waals surface area contributed by atoms with Gasteiger partial charge in [0.05, 0.1) is 30.2 Å². The molecule has 1 aromatic heterocycles. The average molecular weight is 368 g/mol. The molecule has 0 aliphatic heterocycles. The molecule has 1 heterocycles. The molecule has 0 atom stereocenters. The number of fused-ring (bicyclic) bond motifs is 1. The van der Waals surface area contributed by atoms with Gasteiger partial charge in [-0.1, -0.05) is 18.2 Å². The Morgan fingerprint density at radius 1 is 1.15 bits per heavy atom. The van der Waals surface area contributed by atoms with E-state index in [1.54, 1.807) is 42.5 Å². The molecule has 1 N–H and O–H groups in total. The highest BCUT2D eigenvalue weighted by molar-refractivity contribution is 5.90. The van der Waals surface area contributed by atoms with Gasteiger partial charge in [-0.15, -0.1) is 0 Å². The Kier molecular flexibility index (Phi) is 5.40. The van der Waals surface area contributed by atoms with E-state index in [1.807, 2.05) is 6.92 Å². The lowest BCUT2D eigenvalue weighted by Crippen LogP contribution is -2.35. The number of nitrogens with zero attached hydrogens (tertiary/aromatic N) is 1. The van der Waals surface area contributed by atoms with Crippen molar-refractivity contribution in [1.82, 2.24) is 9.55 Å². The van der Waals surface area contributed by atoms with E-state index in [1.165, 1.54) is 7.11 Å². The van der Waals surface area contributed by atoms with Gasteiger partial charge in [-0.25, -0.2) is 9.59 Å². The third kappa shape index (κ3) is 3.92. The molecule has 0 unspecified atom stereocenters. The van der Waals surface area contributed by atoms with Crippen LogP contribution in [0.3, 0.4) is 0 Å². The largest absolute Gasteiger partial charge is 0.496 e. The normalized spacial score (nSPS) is 10.7. The van der Waals surface area contributed by atoms with Gasteiger partial charge in [0, 0.05) is 6.54 Å². The van der Waals surface area contributed by atoms with Crippen LogP contribution in [0.15, 0.2) is 52.1 Å². The molecule has 0 aliphatic rings. The van der Waals surface area contributed by atoms with Crippen molar-refractivity contribution in [3.8, 4) is 5.75 Å². The number of ether oxygens (including phenoxy) is 2. The van der Waals surface area contributed by atoms with E-state index in [0.717, 1.165) is 10.1 Å².